The fraction of sp³-hybridized carbons (Fsp3) is 0.389. The average Bonchev–Trinajstić information content (AvgIpc) is 2.67. The van der Waals surface area contributed by atoms with Gasteiger partial charge in [-0.3, -0.25) is 14.9 Å². The third-order valence-corrected chi connectivity index (χ3v) is 4.66. The van der Waals surface area contributed by atoms with E-state index in [1.165, 1.54) is 19.2 Å². The van der Waals surface area contributed by atoms with Gasteiger partial charge in [0.1, 0.15) is 11.5 Å². The zero-order valence-electron chi connectivity index (χ0n) is 15.8. The highest BCUT2D eigenvalue weighted by Gasteiger charge is 2.32. The Morgan fingerprint density at radius 3 is 2.73 bits per heavy atom. The number of hydrogen-bond donors (Lipinski definition) is 2. The maximum absolute atomic E-state index is 12.8. The number of piperidine rings is 1. The van der Waals surface area contributed by atoms with Crippen LogP contribution in [0.3, 0.4) is 0 Å². The summed E-state index contributed by atoms with van der Waals surface area (Å²) in [5.41, 5.74) is -0.839. The molecule has 2 N–H and O–H groups in total. The molecule has 30 heavy (non-hydrogen) atoms. The standard InChI is InChI=1S/C18H18ClF3N6O2/c1-10(29)25-17-23-5-4-14(27-17)16(30)26-12-3-2-6-28(9-12)15-13(19)7-11(8-24-15)18(20,21)22/h4-5,7-8,12H,2-3,6,9H2,1H3,(H,26,30)(H,23,25,27,29)/t12-/m1/s1. The quantitative estimate of drug-likeness (QED) is 0.755. The van der Waals surface area contributed by atoms with Crippen LogP contribution in [0.1, 0.15) is 35.8 Å². The monoisotopic (exact) mass is 442 g/mol. The number of carbonyl (C=O) groups is 2. The van der Waals surface area contributed by atoms with Crippen molar-refractivity contribution in [2.75, 3.05) is 23.3 Å². The molecule has 12 heteroatoms. The molecule has 2 amide bonds. The van der Waals surface area contributed by atoms with Gasteiger partial charge in [-0.2, -0.15) is 13.2 Å². The molecule has 8 nitrogen and oxygen atoms in total. The summed E-state index contributed by atoms with van der Waals surface area (Å²) < 4.78 is 38.4. The summed E-state index contributed by atoms with van der Waals surface area (Å²) in [4.78, 5) is 37.1. The molecule has 0 spiro atoms. The highest BCUT2D eigenvalue weighted by Crippen LogP contribution is 2.34. The Bertz CT molecular complexity index is 956. The van der Waals surface area contributed by atoms with Crippen molar-refractivity contribution in [3.63, 3.8) is 0 Å². The summed E-state index contributed by atoms with van der Waals surface area (Å²) in [7, 11) is 0. The topological polar surface area (TPSA) is 100 Å². The lowest BCUT2D eigenvalue weighted by Gasteiger charge is -2.34. The number of nitrogens with zero attached hydrogens (tertiary/aromatic N) is 4. The number of hydrogen-bond acceptors (Lipinski definition) is 6. The van der Waals surface area contributed by atoms with Crippen LogP contribution in [0.5, 0.6) is 0 Å². The Morgan fingerprint density at radius 2 is 2.07 bits per heavy atom. The molecule has 1 saturated heterocycles. The van der Waals surface area contributed by atoms with E-state index in [2.05, 4.69) is 25.6 Å². The third kappa shape index (κ3) is 5.35. The lowest BCUT2D eigenvalue weighted by molar-refractivity contribution is -0.137. The number of nitrogens with one attached hydrogen (secondary N) is 2. The van der Waals surface area contributed by atoms with Crippen LogP contribution < -0.4 is 15.5 Å². The van der Waals surface area contributed by atoms with Gasteiger partial charge in [-0.1, -0.05) is 11.6 Å². The van der Waals surface area contributed by atoms with Gasteiger partial charge >= 0.3 is 6.18 Å². The van der Waals surface area contributed by atoms with E-state index in [9.17, 15) is 22.8 Å². The second-order valence-corrected chi connectivity index (χ2v) is 7.14. The Labute approximate surface area is 174 Å². The van der Waals surface area contributed by atoms with Crippen LogP contribution in [0.2, 0.25) is 5.02 Å². The molecule has 1 fully saturated rings. The molecular formula is C18H18ClF3N6O2. The first-order valence-electron chi connectivity index (χ1n) is 9.02. The molecule has 0 saturated carbocycles. The number of anilines is 2. The van der Waals surface area contributed by atoms with Crippen molar-refractivity contribution in [2.45, 2.75) is 32.0 Å². The summed E-state index contributed by atoms with van der Waals surface area (Å²) in [6, 6.07) is 1.97. The van der Waals surface area contributed by atoms with Crippen molar-refractivity contribution in [3.05, 3.63) is 40.8 Å². The minimum absolute atomic E-state index is 0.0150. The van der Waals surface area contributed by atoms with Gasteiger partial charge in [0.15, 0.2) is 0 Å². The van der Waals surface area contributed by atoms with Crippen LogP contribution in [0.15, 0.2) is 24.5 Å². The van der Waals surface area contributed by atoms with Gasteiger partial charge in [-0.25, -0.2) is 15.0 Å². The molecule has 0 unspecified atom stereocenters. The fourth-order valence-electron chi connectivity index (χ4n) is 3.07. The number of halogens is 4. The number of alkyl halides is 3. The van der Waals surface area contributed by atoms with E-state index in [1.54, 1.807) is 4.90 Å². The van der Waals surface area contributed by atoms with Gasteiger partial charge in [-0.05, 0) is 25.0 Å². The van der Waals surface area contributed by atoms with E-state index >= 15 is 0 Å². The SMILES string of the molecule is CC(=O)Nc1nccc(C(=O)N[C@@H]2CCCN(c3ncc(C(F)(F)F)cc3Cl)C2)n1. The molecule has 0 aliphatic carbocycles. The van der Waals surface area contributed by atoms with Gasteiger partial charge in [-0.15, -0.1) is 0 Å². The van der Waals surface area contributed by atoms with E-state index in [0.717, 1.165) is 12.3 Å². The summed E-state index contributed by atoms with van der Waals surface area (Å²) in [5, 5.41) is 5.13. The van der Waals surface area contributed by atoms with E-state index in [4.69, 9.17) is 11.6 Å². The molecule has 2 aromatic rings. The Kier molecular flexibility index (Phi) is 6.40. The molecular weight excluding hydrogens is 425 g/mol. The van der Waals surface area contributed by atoms with Gasteiger partial charge in [0.2, 0.25) is 11.9 Å². The number of aromatic nitrogens is 3. The molecule has 2 aromatic heterocycles. The first kappa shape index (κ1) is 21.8. The molecule has 1 aliphatic rings. The molecule has 3 rings (SSSR count). The van der Waals surface area contributed by atoms with Crippen LogP contribution in [-0.2, 0) is 11.0 Å². The highest BCUT2D eigenvalue weighted by atomic mass is 35.5. The lowest BCUT2D eigenvalue weighted by atomic mass is 10.1. The molecule has 0 aromatic carbocycles. The smallest absolute Gasteiger partial charge is 0.353 e. The first-order valence-corrected chi connectivity index (χ1v) is 9.40. The minimum atomic E-state index is -4.53. The second kappa shape index (κ2) is 8.82. The Morgan fingerprint density at radius 1 is 1.30 bits per heavy atom. The maximum atomic E-state index is 12.8. The van der Waals surface area contributed by atoms with Crippen molar-refractivity contribution in [1.29, 1.82) is 0 Å². The van der Waals surface area contributed by atoms with E-state index in [-0.39, 0.29) is 34.4 Å². The van der Waals surface area contributed by atoms with E-state index in [1.807, 2.05) is 0 Å². The molecule has 1 aliphatic heterocycles. The first-order chi connectivity index (χ1) is 14.1. The molecule has 3 heterocycles. The number of amides is 2. The minimum Gasteiger partial charge on any atom is -0.353 e. The number of carbonyl (C=O) groups excluding carboxylic acids is 2. The van der Waals surface area contributed by atoms with Crippen LogP contribution in [-0.4, -0.2) is 45.9 Å². The van der Waals surface area contributed by atoms with Gasteiger partial charge < -0.3 is 10.2 Å². The number of rotatable bonds is 4. The Balaban J connectivity index is 1.68. The average molecular weight is 443 g/mol. The predicted octanol–water partition coefficient (Wildman–Crippen LogP) is 2.90. The highest BCUT2D eigenvalue weighted by molar-refractivity contribution is 6.33. The van der Waals surface area contributed by atoms with Gasteiger partial charge in [0.05, 0.1) is 10.6 Å². The lowest BCUT2D eigenvalue weighted by Crippen LogP contribution is -2.48. The van der Waals surface area contributed by atoms with Crippen LogP contribution >= 0.6 is 11.6 Å². The number of pyridine rings is 1. The Hall–Kier alpha value is -2.95. The normalized spacial score (nSPS) is 16.8. The third-order valence-electron chi connectivity index (χ3n) is 4.38. The molecule has 160 valence electrons. The largest absolute Gasteiger partial charge is 0.417 e. The van der Waals surface area contributed by atoms with E-state index in [0.29, 0.717) is 25.9 Å². The van der Waals surface area contributed by atoms with E-state index < -0.39 is 17.6 Å². The summed E-state index contributed by atoms with van der Waals surface area (Å²) in [5.74, 6) is -0.571. The maximum Gasteiger partial charge on any atom is 0.417 e. The zero-order valence-corrected chi connectivity index (χ0v) is 16.6. The summed E-state index contributed by atoms with van der Waals surface area (Å²) in [6.45, 7) is 2.17. The van der Waals surface area contributed by atoms with Crippen LogP contribution in [0, 0.1) is 0 Å². The van der Waals surface area contributed by atoms with Crippen LogP contribution in [0.4, 0.5) is 24.9 Å². The summed E-state index contributed by atoms with van der Waals surface area (Å²) >= 11 is 6.03. The van der Waals surface area contributed by atoms with Crippen molar-refractivity contribution in [2.24, 2.45) is 0 Å². The molecule has 0 radical (unpaired) electrons. The zero-order chi connectivity index (χ0) is 21.9. The van der Waals surface area contributed by atoms with Gasteiger partial charge in [0, 0.05) is 38.4 Å². The van der Waals surface area contributed by atoms with Crippen molar-refractivity contribution < 1.29 is 22.8 Å². The van der Waals surface area contributed by atoms with Crippen molar-refractivity contribution in [1.82, 2.24) is 20.3 Å². The van der Waals surface area contributed by atoms with Crippen LogP contribution in [0.25, 0.3) is 0 Å². The summed E-state index contributed by atoms with van der Waals surface area (Å²) in [6.07, 6.45) is -1.07. The van der Waals surface area contributed by atoms with Crippen molar-refractivity contribution >= 4 is 35.2 Å². The second-order valence-electron chi connectivity index (χ2n) is 6.73. The molecule has 1 atom stereocenters. The van der Waals surface area contributed by atoms with Gasteiger partial charge in [0.25, 0.3) is 5.91 Å². The van der Waals surface area contributed by atoms with Crippen molar-refractivity contribution in [3.8, 4) is 0 Å². The molecule has 0 bridgehead atoms. The fourth-order valence-corrected chi connectivity index (χ4v) is 3.35. The predicted molar refractivity (Wildman–Crippen MR) is 103 cm³/mol.